The summed E-state index contributed by atoms with van der Waals surface area (Å²) in [6.07, 6.45) is 5.12. The molecule has 2 unspecified atom stereocenters. The van der Waals surface area contributed by atoms with E-state index in [9.17, 15) is 9.50 Å². The predicted molar refractivity (Wildman–Crippen MR) is 69.1 cm³/mol. The Labute approximate surface area is 110 Å². The van der Waals surface area contributed by atoms with E-state index in [1.165, 1.54) is 12.1 Å². The van der Waals surface area contributed by atoms with Crippen LogP contribution in [0.4, 0.5) is 10.2 Å². The van der Waals surface area contributed by atoms with Gasteiger partial charge in [0, 0.05) is 18.9 Å². The lowest BCUT2D eigenvalue weighted by molar-refractivity contribution is 0.194. The molecule has 5 heteroatoms. The van der Waals surface area contributed by atoms with E-state index in [-0.39, 0.29) is 11.9 Å². The van der Waals surface area contributed by atoms with Gasteiger partial charge in [-0.05, 0) is 24.1 Å². The number of nitrogens with zero attached hydrogens (tertiary/aromatic N) is 3. The van der Waals surface area contributed by atoms with Crippen LogP contribution in [0.5, 0.6) is 0 Å². The highest BCUT2D eigenvalue weighted by molar-refractivity contribution is 5.42. The second kappa shape index (κ2) is 4.93. The van der Waals surface area contributed by atoms with Crippen LogP contribution in [-0.2, 0) is 0 Å². The molecule has 1 N–H and O–H groups in total. The van der Waals surface area contributed by atoms with E-state index < -0.39 is 6.10 Å². The molecule has 4 nitrogen and oxygen atoms in total. The smallest absolute Gasteiger partial charge is 0.147 e. The normalized spacial score (nSPS) is 22.7. The molecule has 0 spiro atoms. The van der Waals surface area contributed by atoms with Crippen LogP contribution in [0, 0.1) is 5.82 Å². The Morgan fingerprint density at radius 2 is 2.00 bits per heavy atom. The fraction of sp³-hybridized carbons (Fsp3) is 0.286. The first-order valence-electron chi connectivity index (χ1n) is 6.20. The molecule has 0 bridgehead atoms. The third-order valence-corrected chi connectivity index (χ3v) is 3.38. The third kappa shape index (κ3) is 2.42. The molecule has 1 aliphatic rings. The van der Waals surface area contributed by atoms with Crippen molar-refractivity contribution < 1.29 is 9.50 Å². The van der Waals surface area contributed by atoms with Crippen LogP contribution in [-0.4, -0.2) is 27.7 Å². The molecule has 0 saturated carbocycles. The number of hydrogen-bond acceptors (Lipinski definition) is 4. The standard InChI is InChI=1S/C14H14FN3O/c15-11-3-1-10(2-4-11)13-7-12(19)9-18(13)14-8-16-5-6-17-14/h1-6,8,12-13,19H,7,9H2. The molecule has 0 aliphatic carbocycles. The summed E-state index contributed by atoms with van der Waals surface area (Å²) in [5, 5.41) is 9.88. The van der Waals surface area contributed by atoms with Crippen molar-refractivity contribution >= 4 is 5.82 Å². The van der Waals surface area contributed by atoms with Crippen molar-refractivity contribution in [2.75, 3.05) is 11.4 Å². The van der Waals surface area contributed by atoms with Crippen LogP contribution in [0.15, 0.2) is 42.9 Å². The Balaban J connectivity index is 1.92. The van der Waals surface area contributed by atoms with Gasteiger partial charge in [0.15, 0.2) is 0 Å². The summed E-state index contributed by atoms with van der Waals surface area (Å²) in [4.78, 5) is 10.3. The highest BCUT2D eigenvalue weighted by Gasteiger charge is 2.32. The first-order valence-corrected chi connectivity index (χ1v) is 6.20. The summed E-state index contributed by atoms with van der Waals surface area (Å²) in [7, 11) is 0. The van der Waals surface area contributed by atoms with Crippen molar-refractivity contribution in [2.24, 2.45) is 0 Å². The molecule has 3 rings (SSSR count). The summed E-state index contributed by atoms with van der Waals surface area (Å²) >= 11 is 0. The zero-order valence-electron chi connectivity index (χ0n) is 10.3. The highest BCUT2D eigenvalue weighted by atomic mass is 19.1. The largest absolute Gasteiger partial charge is 0.391 e. The molecule has 1 aromatic carbocycles. The van der Waals surface area contributed by atoms with Gasteiger partial charge < -0.3 is 10.0 Å². The van der Waals surface area contributed by atoms with Crippen molar-refractivity contribution in [3.05, 3.63) is 54.2 Å². The molecule has 0 radical (unpaired) electrons. The number of aliphatic hydroxyl groups is 1. The minimum atomic E-state index is -0.406. The van der Waals surface area contributed by atoms with Gasteiger partial charge in [-0.15, -0.1) is 0 Å². The number of hydrogen-bond donors (Lipinski definition) is 1. The quantitative estimate of drug-likeness (QED) is 0.895. The van der Waals surface area contributed by atoms with Crippen LogP contribution in [0.2, 0.25) is 0 Å². The Kier molecular flexibility index (Phi) is 3.13. The Bertz CT molecular complexity index is 546. The van der Waals surface area contributed by atoms with E-state index in [4.69, 9.17) is 0 Å². The lowest BCUT2D eigenvalue weighted by Gasteiger charge is -2.25. The summed E-state index contributed by atoms with van der Waals surface area (Å²) in [6, 6.07) is 6.39. The van der Waals surface area contributed by atoms with Crippen molar-refractivity contribution in [2.45, 2.75) is 18.6 Å². The van der Waals surface area contributed by atoms with E-state index in [1.807, 2.05) is 4.90 Å². The lowest BCUT2D eigenvalue weighted by Crippen LogP contribution is -2.25. The molecule has 1 aromatic heterocycles. The summed E-state index contributed by atoms with van der Waals surface area (Å²) in [6.45, 7) is 0.515. The number of β-amino-alcohol motifs (C(OH)–C–C–N with tert-alkyl or cyclic N) is 1. The molecule has 2 aromatic rings. The molecule has 1 aliphatic heterocycles. The predicted octanol–water partition coefficient (Wildman–Crippen LogP) is 1.93. The Morgan fingerprint density at radius 1 is 1.21 bits per heavy atom. The monoisotopic (exact) mass is 259 g/mol. The highest BCUT2D eigenvalue weighted by Crippen LogP contribution is 2.34. The van der Waals surface area contributed by atoms with Gasteiger partial charge in [-0.2, -0.15) is 0 Å². The van der Waals surface area contributed by atoms with Crippen molar-refractivity contribution in [1.29, 1.82) is 0 Å². The number of aliphatic hydroxyl groups excluding tert-OH is 1. The molecule has 19 heavy (non-hydrogen) atoms. The minimum Gasteiger partial charge on any atom is -0.391 e. The molecule has 98 valence electrons. The van der Waals surface area contributed by atoms with Gasteiger partial charge in [0.25, 0.3) is 0 Å². The van der Waals surface area contributed by atoms with Gasteiger partial charge in [0.05, 0.1) is 18.3 Å². The van der Waals surface area contributed by atoms with Gasteiger partial charge in [0.1, 0.15) is 11.6 Å². The van der Waals surface area contributed by atoms with Gasteiger partial charge in [-0.3, -0.25) is 4.98 Å². The third-order valence-electron chi connectivity index (χ3n) is 3.38. The Morgan fingerprint density at radius 3 is 2.68 bits per heavy atom. The van der Waals surface area contributed by atoms with Crippen molar-refractivity contribution in [1.82, 2.24) is 9.97 Å². The van der Waals surface area contributed by atoms with Gasteiger partial charge in [0.2, 0.25) is 0 Å². The maximum atomic E-state index is 13.0. The molecule has 0 amide bonds. The maximum absolute atomic E-state index is 13.0. The van der Waals surface area contributed by atoms with Crippen LogP contribution in [0.1, 0.15) is 18.0 Å². The molecule has 1 saturated heterocycles. The first kappa shape index (κ1) is 12.0. The first-order chi connectivity index (χ1) is 9.24. The van der Waals surface area contributed by atoms with Gasteiger partial charge >= 0.3 is 0 Å². The molecular weight excluding hydrogens is 245 g/mol. The van der Waals surface area contributed by atoms with E-state index in [2.05, 4.69) is 9.97 Å². The lowest BCUT2D eigenvalue weighted by atomic mass is 10.0. The van der Waals surface area contributed by atoms with Gasteiger partial charge in [-0.25, -0.2) is 9.37 Å². The second-order valence-corrected chi connectivity index (χ2v) is 4.67. The van der Waals surface area contributed by atoms with E-state index in [0.29, 0.717) is 13.0 Å². The van der Waals surface area contributed by atoms with Crippen LogP contribution < -0.4 is 4.90 Å². The van der Waals surface area contributed by atoms with E-state index >= 15 is 0 Å². The van der Waals surface area contributed by atoms with Crippen molar-refractivity contribution in [3.63, 3.8) is 0 Å². The number of rotatable bonds is 2. The summed E-state index contributed by atoms with van der Waals surface area (Å²) in [5.41, 5.74) is 0.976. The molecule has 2 heterocycles. The topological polar surface area (TPSA) is 49.2 Å². The van der Waals surface area contributed by atoms with Gasteiger partial charge in [-0.1, -0.05) is 12.1 Å². The van der Waals surface area contributed by atoms with E-state index in [0.717, 1.165) is 11.4 Å². The number of anilines is 1. The molecular formula is C14H14FN3O. The fourth-order valence-electron chi connectivity index (χ4n) is 2.51. The summed E-state index contributed by atoms with van der Waals surface area (Å²) < 4.78 is 13.0. The number of aromatic nitrogens is 2. The average molecular weight is 259 g/mol. The number of halogens is 1. The zero-order chi connectivity index (χ0) is 13.2. The van der Waals surface area contributed by atoms with Crippen LogP contribution in [0.3, 0.4) is 0 Å². The van der Waals surface area contributed by atoms with Crippen molar-refractivity contribution in [3.8, 4) is 0 Å². The second-order valence-electron chi connectivity index (χ2n) is 4.67. The van der Waals surface area contributed by atoms with Crippen LogP contribution >= 0.6 is 0 Å². The van der Waals surface area contributed by atoms with Crippen LogP contribution in [0.25, 0.3) is 0 Å². The molecule has 2 atom stereocenters. The average Bonchev–Trinajstić information content (AvgIpc) is 2.83. The maximum Gasteiger partial charge on any atom is 0.147 e. The Hall–Kier alpha value is -2.01. The zero-order valence-corrected chi connectivity index (χ0v) is 10.3. The number of benzene rings is 1. The molecule has 1 fully saturated rings. The minimum absolute atomic E-state index is 0.00676. The summed E-state index contributed by atoms with van der Waals surface area (Å²) in [5.74, 6) is 0.474. The fourth-order valence-corrected chi connectivity index (χ4v) is 2.51. The van der Waals surface area contributed by atoms with E-state index in [1.54, 1.807) is 30.7 Å². The SMILES string of the molecule is OC1CC(c2ccc(F)cc2)N(c2cnccn2)C1.